The van der Waals surface area contributed by atoms with Gasteiger partial charge >= 0.3 is 0 Å². The van der Waals surface area contributed by atoms with E-state index in [0.717, 1.165) is 0 Å². The summed E-state index contributed by atoms with van der Waals surface area (Å²) in [7, 11) is -2.85. The standard InChI is InChI=1S/C7H13N3O2S/c1-13(11,12)4-2-3-10-6-7(8)5-9-10/h5-6H,2-4,8H2,1H3/p+1. The van der Waals surface area contributed by atoms with E-state index in [4.69, 9.17) is 5.73 Å². The van der Waals surface area contributed by atoms with Crippen molar-refractivity contribution >= 4 is 15.5 Å². The van der Waals surface area contributed by atoms with Gasteiger partial charge in [-0.1, -0.05) is 0 Å². The average molecular weight is 204 g/mol. The third-order valence-corrected chi connectivity index (χ3v) is 2.65. The van der Waals surface area contributed by atoms with Gasteiger partial charge in [-0.05, 0) is 0 Å². The zero-order valence-electron chi connectivity index (χ0n) is 7.53. The summed E-state index contributed by atoms with van der Waals surface area (Å²) >= 11 is 0. The van der Waals surface area contributed by atoms with Gasteiger partial charge < -0.3 is 5.73 Å². The number of anilines is 1. The number of aromatic amines is 1. The molecule has 0 radical (unpaired) electrons. The summed E-state index contributed by atoms with van der Waals surface area (Å²) in [6, 6.07) is 0. The Bertz CT molecular complexity index is 369. The van der Waals surface area contributed by atoms with Crippen LogP contribution < -0.4 is 10.4 Å². The monoisotopic (exact) mass is 204 g/mol. The van der Waals surface area contributed by atoms with Crippen molar-refractivity contribution in [2.24, 2.45) is 0 Å². The fourth-order valence-electron chi connectivity index (χ4n) is 1.04. The largest absolute Gasteiger partial charge is 0.392 e. The molecule has 74 valence electrons. The molecule has 1 aromatic heterocycles. The molecule has 1 aromatic rings. The summed E-state index contributed by atoms with van der Waals surface area (Å²) in [6.07, 6.45) is 5.24. The average Bonchev–Trinajstić information content (AvgIpc) is 2.33. The van der Waals surface area contributed by atoms with Crippen LogP contribution in [0, 0.1) is 0 Å². The molecule has 0 aliphatic carbocycles. The van der Waals surface area contributed by atoms with Crippen molar-refractivity contribution in [2.75, 3.05) is 17.7 Å². The van der Waals surface area contributed by atoms with Crippen LogP contribution in [0.2, 0.25) is 0 Å². The Morgan fingerprint density at radius 3 is 2.77 bits per heavy atom. The summed E-state index contributed by atoms with van der Waals surface area (Å²) in [4.78, 5) is 0. The van der Waals surface area contributed by atoms with E-state index in [2.05, 4.69) is 5.10 Å². The predicted octanol–water partition coefficient (Wildman–Crippen LogP) is -0.681. The number of nitrogens with two attached hydrogens (primary N) is 1. The van der Waals surface area contributed by atoms with Crippen LogP contribution in [0.25, 0.3) is 0 Å². The Balaban J connectivity index is 2.36. The SMILES string of the molecule is CS(=O)(=O)CCC[n+]1cc(N)c[nH]1. The molecule has 1 rings (SSSR count). The van der Waals surface area contributed by atoms with Crippen molar-refractivity contribution in [2.45, 2.75) is 13.0 Å². The highest BCUT2D eigenvalue weighted by atomic mass is 32.2. The number of sulfone groups is 1. The van der Waals surface area contributed by atoms with E-state index in [1.807, 2.05) is 0 Å². The second-order valence-electron chi connectivity index (χ2n) is 3.08. The van der Waals surface area contributed by atoms with Crippen molar-refractivity contribution in [3.05, 3.63) is 12.4 Å². The van der Waals surface area contributed by atoms with Crippen molar-refractivity contribution in [3.8, 4) is 0 Å². The number of nitrogens with zero attached hydrogens (tertiary/aromatic N) is 1. The molecule has 0 bridgehead atoms. The van der Waals surface area contributed by atoms with E-state index in [1.54, 1.807) is 17.1 Å². The number of rotatable bonds is 4. The van der Waals surface area contributed by atoms with E-state index in [1.165, 1.54) is 6.26 Å². The van der Waals surface area contributed by atoms with Crippen LogP contribution in [-0.2, 0) is 16.4 Å². The van der Waals surface area contributed by atoms with Gasteiger partial charge in [-0.2, -0.15) is 5.10 Å². The minimum Gasteiger partial charge on any atom is -0.392 e. The van der Waals surface area contributed by atoms with E-state index in [-0.39, 0.29) is 5.75 Å². The maximum Gasteiger partial charge on any atom is 0.218 e. The van der Waals surface area contributed by atoms with Crippen LogP contribution in [0.1, 0.15) is 6.42 Å². The normalized spacial score (nSPS) is 11.8. The molecule has 0 unspecified atom stereocenters. The van der Waals surface area contributed by atoms with Crippen LogP contribution in [0.4, 0.5) is 5.69 Å². The van der Waals surface area contributed by atoms with E-state index >= 15 is 0 Å². The highest BCUT2D eigenvalue weighted by Gasteiger charge is 2.06. The number of hydrogen-bond acceptors (Lipinski definition) is 3. The molecule has 0 aliphatic heterocycles. The van der Waals surface area contributed by atoms with Crippen molar-refractivity contribution < 1.29 is 13.1 Å². The Hall–Kier alpha value is -1.04. The minimum atomic E-state index is -2.85. The van der Waals surface area contributed by atoms with Crippen LogP contribution >= 0.6 is 0 Å². The van der Waals surface area contributed by atoms with Gasteiger partial charge in [0.05, 0.1) is 11.9 Å². The van der Waals surface area contributed by atoms with Gasteiger partial charge in [-0.3, -0.25) is 0 Å². The molecule has 0 atom stereocenters. The molecule has 0 fully saturated rings. The second-order valence-corrected chi connectivity index (χ2v) is 5.34. The highest BCUT2D eigenvalue weighted by molar-refractivity contribution is 7.90. The first-order chi connectivity index (χ1) is 5.97. The van der Waals surface area contributed by atoms with Gasteiger partial charge in [0.25, 0.3) is 0 Å². The summed E-state index contributed by atoms with van der Waals surface area (Å²) in [5, 5.41) is 2.89. The first kappa shape index (κ1) is 10.0. The van der Waals surface area contributed by atoms with Gasteiger partial charge in [0, 0.05) is 12.7 Å². The van der Waals surface area contributed by atoms with Gasteiger partial charge in [0.1, 0.15) is 15.5 Å². The summed E-state index contributed by atoms with van der Waals surface area (Å²) < 4.78 is 23.3. The fraction of sp³-hybridized carbons (Fsp3) is 0.571. The molecule has 0 aliphatic rings. The van der Waals surface area contributed by atoms with Crippen molar-refractivity contribution in [3.63, 3.8) is 0 Å². The lowest BCUT2D eigenvalue weighted by Gasteiger charge is -1.92. The number of hydrogen-bond donors (Lipinski definition) is 2. The molecule has 0 spiro atoms. The zero-order chi connectivity index (χ0) is 9.90. The Kier molecular flexibility index (Phi) is 2.92. The van der Waals surface area contributed by atoms with Gasteiger partial charge in [-0.15, -0.1) is 4.68 Å². The van der Waals surface area contributed by atoms with Crippen LogP contribution in [0.5, 0.6) is 0 Å². The Morgan fingerprint density at radius 1 is 1.62 bits per heavy atom. The molecule has 3 N–H and O–H groups in total. The molecular weight excluding hydrogens is 190 g/mol. The van der Waals surface area contributed by atoms with Gasteiger partial charge in [0.15, 0.2) is 6.54 Å². The minimum absolute atomic E-state index is 0.207. The van der Waals surface area contributed by atoms with Crippen LogP contribution in [-0.4, -0.2) is 25.5 Å². The first-order valence-corrected chi connectivity index (χ1v) is 6.04. The molecule has 0 saturated carbocycles. The highest BCUT2D eigenvalue weighted by Crippen LogP contribution is 1.92. The Morgan fingerprint density at radius 2 is 2.31 bits per heavy atom. The Labute approximate surface area is 77.5 Å². The third-order valence-electron chi connectivity index (χ3n) is 1.62. The molecule has 0 aromatic carbocycles. The van der Waals surface area contributed by atoms with Crippen LogP contribution in [0.3, 0.4) is 0 Å². The molecule has 6 heteroatoms. The molecule has 13 heavy (non-hydrogen) atoms. The topological polar surface area (TPSA) is 79.8 Å². The smallest absolute Gasteiger partial charge is 0.218 e. The van der Waals surface area contributed by atoms with Gasteiger partial charge in [-0.25, -0.2) is 8.42 Å². The van der Waals surface area contributed by atoms with Crippen molar-refractivity contribution in [1.82, 2.24) is 5.10 Å². The van der Waals surface area contributed by atoms with E-state index < -0.39 is 9.84 Å². The number of aryl methyl sites for hydroxylation is 1. The number of H-pyrrole nitrogens is 1. The van der Waals surface area contributed by atoms with Crippen molar-refractivity contribution in [1.29, 1.82) is 0 Å². The van der Waals surface area contributed by atoms with E-state index in [0.29, 0.717) is 18.7 Å². The maximum absolute atomic E-state index is 10.8. The quantitative estimate of drug-likeness (QED) is 0.638. The fourth-order valence-corrected chi connectivity index (χ4v) is 1.69. The van der Waals surface area contributed by atoms with Gasteiger partial charge in [0.2, 0.25) is 6.20 Å². The maximum atomic E-state index is 10.8. The lowest BCUT2D eigenvalue weighted by Crippen LogP contribution is -2.35. The summed E-state index contributed by atoms with van der Waals surface area (Å²) in [5.74, 6) is 0.207. The number of nitrogen functional groups attached to an aromatic ring is 1. The van der Waals surface area contributed by atoms with Crippen LogP contribution in [0.15, 0.2) is 12.4 Å². The third kappa shape index (κ3) is 3.93. The van der Waals surface area contributed by atoms with E-state index in [9.17, 15) is 8.42 Å². The first-order valence-electron chi connectivity index (χ1n) is 3.98. The molecule has 0 saturated heterocycles. The summed E-state index contributed by atoms with van der Waals surface area (Å²) in [6.45, 7) is 0.643. The molecular formula is C7H14N3O2S+. The number of nitrogens with one attached hydrogen (secondary N) is 1. The molecule has 0 amide bonds. The molecule has 1 heterocycles. The number of aromatic nitrogens is 2. The predicted molar refractivity (Wildman–Crippen MR) is 49.7 cm³/mol. The zero-order valence-corrected chi connectivity index (χ0v) is 8.34. The second kappa shape index (κ2) is 3.78. The summed E-state index contributed by atoms with van der Waals surface area (Å²) in [5.41, 5.74) is 6.12. The molecule has 5 nitrogen and oxygen atoms in total. The lowest BCUT2D eigenvalue weighted by atomic mass is 10.5. The lowest BCUT2D eigenvalue weighted by molar-refractivity contribution is -0.749.